The molecule has 2 fully saturated rings. The van der Waals surface area contributed by atoms with Gasteiger partial charge < -0.3 is 24.6 Å². The van der Waals surface area contributed by atoms with Crippen LogP contribution in [0, 0.1) is 5.92 Å². The maximum atomic E-state index is 13.7. The van der Waals surface area contributed by atoms with E-state index in [1.54, 1.807) is 30.5 Å². The van der Waals surface area contributed by atoms with Crippen molar-refractivity contribution >= 4 is 40.5 Å². The van der Waals surface area contributed by atoms with Gasteiger partial charge in [0, 0.05) is 81.4 Å². The monoisotopic (exact) mass is 608 g/mol. The van der Waals surface area contributed by atoms with Gasteiger partial charge in [0.2, 0.25) is 0 Å². The first-order valence-electron chi connectivity index (χ1n) is 15.0. The fourth-order valence-corrected chi connectivity index (χ4v) is 7.13. The number of pyridine rings is 2. The molecule has 0 aliphatic carbocycles. The van der Waals surface area contributed by atoms with Crippen LogP contribution in [0.1, 0.15) is 38.7 Å². The third kappa shape index (κ3) is 5.43. The zero-order valence-corrected chi connectivity index (χ0v) is 25.0. The summed E-state index contributed by atoms with van der Waals surface area (Å²) in [5, 5.41) is 3.78. The lowest BCUT2D eigenvalue weighted by Crippen LogP contribution is -2.49. The van der Waals surface area contributed by atoms with E-state index in [0.717, 1.165) is 30.0 Å². The van der Waals surface area contributed by atoms with Crippen LogP contribution in [0.5, 0.6) is 0 Å². The number of nitrogens with one attached hydrogen (secondary N) is 1. The summed E-state index contributed by atoms with van der Waals surface area (Å²) in [6, 6.07) is 22.3. The molecule has 44 heavy (non-hydrogen) atoms. The molecule has 2 bridgehead atoms. The van der Waals surface area contributed by atoms with Gasteiger partial charge in [-0.15, -0.1) is 0 Å². The van der Waals surface area contributed by atoms with Crippen LogP contribution in [0.2, 0.25) is 5.02 Å². The van der Waals surface area contributed by atoms with Crippen molar-refractivity contribution in [2.75, 3.05) is 54.4 Å². The number of amides is 2. The molecule has 2 amide bonds. The summed E-state index contributed by atoms with van der Waals surface area (Å²) in [4.78, 5) is 50.0. The fraction of sp³-hybridized carbons (Fsp3) is 0.294. The molecule has 10 heteroatoms. The van der Waals surface area contributed by atoms with Crippen LogP contribution >= 0.6 is 11.6 Å². The third-order valence-electron chi connectivity index (χ3n) is 9.00. The minimum absolute atomic E-state index is 0.0469. The number of nitrogens with zero attached hydrogens (tertiary/aromatic N) is 5. The summed E-state index contributed by atoms with van der Waals surface area (Å²) in [5.74, 6) is 0.149. The quantitative estimate of drug-likeness (QED) is 0.352. The smallest absolute Gasteiger partial charge is 0.257 e. The number of carbonyl (C=O) groups excluding carboxylic acids is 2. The zero-order valence-electron chi connectivity index (χ0n) is 24.2. The minimum Gasteiger partial charge on any atom is -0.369 e. The van der Waals surface area contributed by atoms with E-state index < -0.39 is 0 Å². The van der Waals surface area contributed by atoms with Gasteiger partial charge in [0.1, 0.15) is 0 Å². The number of benzene rings is 2. The average Bonchev–Trinajstić information content (AvgIpc) is 3.05. The Morgan fingerprint density at radius 3 is 2.45 bits per heavy atom. The molecule has 2 aromatic heterocycles. The molecule has 224 valence electrons. The van der Waals surface area contributed by atoms with Crippen molar-refractivity contribution in [2.24, 2.45) is 5.92 Å². The SMILES string of the molecule is O=C(Nc1cc(C(=O)N2CCN(c3ccccc3Cl)CC2)ccc1N1CC2CC(C1)c1cccc(=O)n1C2)c1cccnc1. The van der Waals surface area contributed by atoms with Gasteiger partial charge in [-0.05, 0) is 60.9 Å². The average molecular weight is 609 g/mol. The summed E-state index contributed by atoms with van der Waals surface area (Å²) < 4.78 is 1.91. The Morgan fingerprint density at radius 2 is 1.66 bits per heavy atom. The highest BCUT2D eigenvalue weighted by Crippen LogP contribution is 2.39. The number of piperazine rings is 1. The van der Waals surface area contributed by atoms with Crippen LogP contribution in [-0.2, 0) is 6.54 Å². The molecule has 3 aliphatic rings. The number of halogens is 1. The van der Waals surface area contributed by atoms with Crippen LogP contribution in [0.25, 0.3) is 0 Å². The number of hydrogen-bond acceptors (Lipinski definition) is 6. The van der Waals surface area contributed by atoms with Crippen molar-refractivity contribution in [3.05, 3.63) is 117 Å². The van der Waals surface area contributed by atoms with Gasteiger partial charge in [0.25, 0.3) is 17.4 Å². The Labute approximate surface area is 260 Å². The summed E-state index contributed by atoms with van der Waals surface area (Å²) >= 11 is 6.42. The molecule has 2 aromatic carbocycles. The first-order valence-corrected chi connectivity index (χ1v) is 15.4. The Morgan fingerprint density at radius 1 is 0.818 bits per heavy atom. The van der Waals surface area contributed by atoms with Crippen LogP contribution < -0.4 is 20.7 Å². The number of anilines is 3. The summed E-state index contributed by atoms with van der Waals surface area (Å²) in [7, 11) is 0. The van der Waals surface area contributed by atoms with Crippen LogP contribution in [0.15, 0.2) is 90.0 Å². The molecule has 0 radical (unpaired) electrons. The molecular weight excluding hydrogens is 576 g/mol. The van der Waals surface area contributed by atoms with Gasteiger partial charge in [-0.25, -0.2) is 0 Å². The molecule has 4 aromatic rings. The Kier molecular flexibility index (Phi) is 7.56. The zero-order chi connectivity index (χ0) is 30.2. The Hall–Kier alpha value is -4.63. The van der Waals surface area contributed by atoms with Crippen molar-refractivity contribution in [1.29, 1.82) is 0 Å². The standard InChI is InChI=1S/C34H33ClN6O3/c35-27-6-1-2-7-30(27)38-13-15-39(16-14-38)34(44)24-10-11-31(28(18-24)37-33(43)25-5-4-12-36-19-25)40-20-23-17-26(22-40)29-8-3-9-32(42)41(29)21-23/h1-12,18-19,23,26H,13-17,20-22H2,(H,37,43). The van der Waals surface area contributed by atoms with E-state index in [2.05, 4.69) is 20.1 Å². The molecule has 0 spiro atoms. The van der Waals surface area contributed by atoms with Gasteiger partial charge in [-0.3, -0.25) is 19.4 Å². The number of carbonyl (C=O) groups is 2. The van der Waals surface area contributed by atoms with E-state index in [-0.39, 0.29) is 23.3 Å². The largest absolute Gasteiger partial charge is 0.369 e. The van der Waals surface area contributed by atoms with Crippen molar-refractivity contribution in [2.45, 2.75) is 18.9 Å². The van der Waals surface area contributed by atoms with E-state index >= 15 is 0 Å². The Balaban J connectivity index is 1.15. The van der Waals surface area contributed by atoms with Gasteiger partial charge >= 0.3 is 0 Å². The molecule has 9 nitrogen and oxygen atoms in total. The molecule has 7 rings (SSSR count). The molecule has 2 saturated heterocycles. The highest BCUT2D eigenvalue weighted by Gasteiger charge is 2.35. The highest BCUT2D eigenvalue weighted by atomic mass is 35.5. The molecule has 0 saturated carbocycles. The van der Waals surface area contributed by atoms with Crippen LogP contribution in [0.4, 0.5) is 17.1 Å². The van der Waals surface area contributed by atoms with Gasteiger partial charge in [0.05, 0.1) is 27.6 Å². The van der Waals surface area contributed by atoms with Gasteiger partial charge in [-0.2, -0.15) is 0 Å². The number of rotatable bonds is 5. The van der Waals surface area contributed by atoms with E-state index in [4.69, 9.17) is 11.6 Å². The third-order valence-corrected chi connectivity index (χ3v) is 9.32. The lowest BCUT2D eigenvalue weighted by molar-refractivity contribution is 0.0746. The van der Waals surface area contributed by atoms with Crippen LogP contribution in [-0.4, -0.2) is 65.5 Å². The van der Waals surface area contributed by atoms with Gasteiger partial charge in [0.15, 0.2) is 0 Å². The topological polar surface area (TPSA) is 90.8 Å². The first-order chi connectivity index (χ1) is 21.4. The van der Waals surface area contributed by atoms with Crippen molar-refractivity contribution in [1.82, 2.24) is 14.5 Å². The van der Waals surface area contributed by atoms with Crippen molar-refractivity contribution in [3.8, 4) is 0 Å². The van der Waals surface area contributed by atoms with E-state index in [1.165, 1.54) is 6.20 Å². The Bertz CT molecular complexity index is 1770. The second-order valence-corrected chi connectivity index (χ2v) is 12.2. The number of hydrogen-bond donors (Lipinski definition) is 1. The molecule has 3 aliphatic heterocycles. The molecular formula is C34H33ClN6O3. The highest BCUT2D eigenvalue weighted by molar-refractivity contribution is 6.33. The van der Waals surface area contributed by atoms with Crippen LogP contribution in [0.3, 0.4) is 0 Å². The van der Waals surface area contributed by atoms with E-state index in [0.29, 0.717) is 67.0 Å². The lowest BCUT2D eigenvalue weighted by atomic mass is 9.83. The molecule has 1 N–H and O–H groups in total. The predicted molar refractivity (Wildman–Crippen MR) is 172 cm³/mol. The maximum absolute atomic E-state index is 13.7. The summed E-state index contributed by atoms with van der Waals surface area (Å²) in [6.45, 7) is 4.64. The number of aromatic nitrogens is 2. The van der Waals surface area contributed by atoms with Gasteiger partial charge in [-0.1, -0.05) is 29.8 Å². The van der Waals surface area contributed by atoms with E-state index in [9.17, 15) is 14.4 Å². The molecule has 2 unspecified atom stereocenters. The second-order valence-electron chi connectivity index (χ2n) is 11.8. The summed E-state index contributed by atoms with van der Waals surface area (Å²) in [6.07, 6.45) is 4.18. The minimum atomic E-state index is -0.286. The molecule has 2 atom stereocenters. The number of fused-ring (bicyclic) bond motifs is 4. The fourth-order valence-electron chi connectivity index (χ4n) is 6.87. The number of piperidine rings is 1. The lowest BCUT2D eigenvalue weighted by Gasteiger charge is -2.44. The summed E-state index contributed by atoms with van der Waals surface area (Å²) in [5.41, 5.74) is 4.50. The second kappa shape index (κ2) is 11.8. The first kappa shape index (κ1) is 28.2. The number of para-hydroxylation sites is 1. The van der Waals surface area contributed by atoms with E-state index in [1.807, 2.05) is 58.0 Å². The normalized spacial score (nSPS) is 19.3. The van der Waals surface area contributed by atoms with Crippen molar-refractivity contribution < 1.29 is 9.59 Å². The predicted octanol–water partition coefficient (Wildman–Crippen LogP) is 4.74. The van der Waals surface area contributed by atoms with Crippen molar-refractivity contribution in [3.63, 3.8) is 0 Å². The molecule has 5 heterocycles. The maximum Gasteiger partial charge on any atom is 0.257 e.